The summed E-state index contributed by atoms with van der Waals surface area (Å²) in [5.74, 6) is 0.0727. The number of furan rings is 1. The molecule has 1 aromatic heterocycles. The Morgan fingerprint density at radius 1 is 1.32 bits per heavy atom. The van der Waals surface area contributed by atoms with E-state index < -0.39 is 0 Å². The molecule has 3 rings (SSSR count). The first kappa shape index (κ1) is 15.1. The maximum absolute atomic E-state index is 12.3. The van der Waals surface area contributed by atoms with Crippen LogP contribution in [-0.2, 0) is 9.53 Å². The van der Waals surface area contributed by atoms with E-state index in [-0.39, 0.29) is 23.8 Å². The van der Waals surface area contributed by atoms with Gasteiger partial charge in [0.05, 0.1) is 18.3 Å². The van der Waals surface area contributed by atoms with Crippen LogP contribution in [0.3, 0.4) is 0 Å². The van der Waals surface area contributed by atoms with Crippen LogP contribution in [-0.4, -0.2) is 49.1 Å². The highest BCUT2D eigenvalue weighted by molar-refractivity contribution is 5.92. The lowest BCUT2D eigenvalue weighted by atomic mass is 9.97. The first-order valence-electron chi connectivity index (χ1n) is 7.96. The molecule has 2 amide bonds. The van der Waals surface area contributed by atoms with Crippen LogP contribution in [0.5, 0.6) is 0 Å². The zero-order valence-corrected chi connectivity index (χ0v) is 12.6. The first-order chi connectivity index (χ1) is 10.7. The van der Waals surface area contributed by atoms with Gasteiger partial charge < -0.3 is 19.4 Å². The van der Waals surface area contributed by atoms with E-state index in [2.05, 4.69) is 5.32 Å². The van der Waals surface area contributed by atoms with Crippen LogP contribution in [0.2, 0.25) is 0 Å². The van der Waals surface area contributed by atoms with Gasteiger partial charge >= 0.3 is 0 Å². The highest BCUT2D eigenvalue weighted by Crippen LogP contribution is 2.19. The zero-order valence-electron chi connectivity index (χ0n) is 12.6. The number of likely N-dealkylation sites (tertiary alicyclic amines) is 1. The molecule has 0 spiro atoms. The fourth-order valence-corrected chi connectivity index (χ4v) is 3.10. The van der Waals surface area contributed by atoms with Crippen LogP contribution in [0.1, 0.15) is 36.2 Å². The van der Waals surface area contributed by atoms with Crippen molar-refractivity contribution in [3.05, 3.63) is 24.2 Å². The van der Waals surface area contributed by atoms with E-state index in [9.17, 15) is 9.59 Å². The summed E-state index contributed by atoms with van der Waals surface area (Å²) in [6, 6.07) is 3.35. The largest absolute Gasteiger partial charge is 0.459 e. The fraction of sp³-hybridized carbons (Fsp3) is 0.625. The van der Waals surface area contributed by atoms with E-state index in [1.165, 1.54) is 6.26 Å². The maximum atomic E-state index is 12.3. The van der Waals surface area contributed by atoms with Crippen molar-refractivity contribution in [2.45, 2.75) is 31.8 Å². The van der Waals surface area contributed by atoms with Crippen molar-refractivity contribution in [3.8, 4) is 0 Å². The summed E-state index contributed by atoms with van der Waals surface area (Å²) in [6.07, 6.45) is 5.37. The lowest BCUT2D eigenvalue weighted by Gasteiger charge is -2.31. The molecular formula is C16H22N2O4. The topological polar surface area (TPSA) is 71.8 Å². The molecule has 0 radical (unpaired) electrons. The molecular weight excluding hydrogens is 284 g/mol. The van der Waals surface area contributed by atoms with Crippen LogP contribution in [0, 0.1) is 5.92 Å². The number of nitrogens with zero attached hydrogens (tertiary/aromatic N) is 1. The summed E-state index contributed by atoms with van der Waals surface area (Å²) < 4.78 is 10.7. The highest BCUT2D eigenvalue weighted by Gasteiger charge is 2.30. The molecule has 0 aliphatic carbocycles. The normalized spacial score (nSPS) is 25.2. The van der Waals surface area contributed by atoms with Gasteiger partial charge in [0.1, 0.15) is 0 Å². The average Bonchev–Trinajstić information content (AvgIpc) is 3.25. The molecule has 22 heavy (non-hydrogen) atoms. The molecule has 2 saturated heterocycles. The van der Waals surface area contributed by atoms with Crippen LogP contribution >= 0.6 is 0 Å². The molecule has 1 aromatic rings. The molecule has 2 aliphatic rings. The molecule has 2 fully saturated rings. The Morgan fingerprint density at radius 2 is 2.23 bits per heavy atom. The summed E-state index contributed by atoms with van der Waals surface area (Å²) in [5.41, 5.74) is 0. The third kappa shape index (κ3) is 3.50. The Hall–Kier alpha value is -1.82. The fourth-order valence-electron chi connectivity index (χ4n) is 3.10. The number of hydrogen-bond acceptors (Lipinski definition) is 4. The second-order valence-corrected chi connectivity index (χ2v) is 5.95. The van der Waals surface area contributed by atoms with Gasteiger partial charge in [-0.2, -0.15) is 0 Å². The number of ether oxygens (including phenoxy) is 1. The molecule has 0 unspecified atom stereocenters. The van der Waals surface area contributed by atoms with Gasteiger partial charge in [-0.05, 0) is 37.8 Å². The number of carbonyl (C=O) groups is 2. The van der Waals surface area contributed by atoms with Crippen molar-refractivity contribution in [2.75, 3.05) is 26.2 Å². The van der Waals surface area contributed by atoms with Gasteiger partial charge in [0.15, 0.2) is 5.76 Å². The van der Waals surface area contributed by atoms with Crippen molar-refractivity contribution < 1.29 is 18.7 Å². The smallest absolute Gasteiger partial charge is 0.289 e. The van der Waals surface area contributed by atoms with Crippen LogP contribution in [0.25, 0.3) is 0 Å². The molecule has 6 heteroatoms. The summed E-state index contributed by atoms with van der Waals surface area (Å²) in [6.45, 7) is 2.49. The van der Waals surface area contributed by atoms with Crippen LogP contribution < -0.4 is 5.32 Å². The predicted octanol–water partition coefficient (Wildman–Crippen LogP) is 1.43. The molecule has 0 bridgehead atoms. The summed E-state index contributed by atoms with van der Waals surface area (Å²) in [5, 5.41) is 2.96. The monoisotopic (exact) mass is 306 g/mol. The number of amides is 2. The van der Waals surface area contributed by atoms with Crippen LogP contribution in [0.4, 0.5) is 0 Å². The van der Waals surface area contributed by atoms with Crippen molar-refractivity contribution in [1.29, 1.82) is 0 Å². The van der Waals surface area contributed by atoms with Crippen molar-refractivity contribution >= 4 is 11.8 Å². The SMILES string of the molecule is O=C(NC[C@@H]1CCCO1)[C@@H]1CCCN(C(=O)c2ccco2)C1. The Morgan fingerprint density at radius 3 is 2.95 bits per heavy atom. The van der Waals surface area contributed by atoms with Gasteiger partial charge in [0.2, 0.25) is 5.91 Å². The zero-order chi connectivity index (χ0) is 15.4. The Balaban J connectivity index is 1.51. The third-order valence-electron chi connectivity index (χ3n) is 4.34. The van der Waals surface area contributed by atoms with E-state index in [0.717, 1.165) is 32.3 Å². The second kappa shape index (κ2) is 6.96. The van der Waals surface area contributed by atoms with Gasteiger partial charge in [0, 0.05) is 26.2 Å². The lowest BCUT2D eigenvalue weighted by molar-refractivity contribution is -0.126. The standard InChI is InChI=1S/C16H22N2O4/c19-15(17-10-13-5-2-8-21-13)12-4-1-7-18(11-12)16(20)14-6-3-9-22-14/h3,6,9,12-13H,1-2,4-5,7-8,10-11H2,(H,17,19)/t12-,13+/m1/s1. The molecule has 120 valence electrons. The molecule has 0 saturated carbocycles. The first-order valence-corrected chi connectivity index (χ1v) is 7.96. The van der Waals surface area contributed by atoms with Gasteiger partial charge in [-0.15, -0.1) is 0 Å². The van der Waals surface area contributed by atoms with Crippen molar-refractivity contribution in [1.82, 2.24) is 10.2 Å². The molecule has 6 nitrogen and oxygen atoms in total. The third-order valence-corrected chi connectivity index (χ3v) is 4.34. The Bertz CT molecular complexity index is 508. The van der Waals surface area contributed by atoms with Gasteiger partial charge in [-0.3, -0.25) is 9.59 Å². The summed E-state index contributed by atoms with van der Waals surface area (Å²) in [4.78, 5) is 26.3. The van der Waals surface area contributed by atoms with Gasteiger partial charge in [-0.25, -0.2) is 0 Å². The van der Waals surface area contributed by atoms with Crippen molar-refractivity contribution in [3.63, 3.8) is 0 Å². The number of piperidine rings is 1. The van der Waals surface area contributed by atoms with Crippen molar-refractivity contribution in [2.24, 2.45) is 5.92 Å². The van der Waals surface area contributed by atoms with E-state index in [1.54, 1.807) is 17.0 Å². The maximum Gasteiger partial charge on any atom is 0.289 e. The minimum Gasteiger partial charge on any atom is -0.459 e. The minimum absolute atomic E-state index is 0.0208. The lowest BCUT2D eigenvalue weighted by Crippen LogP contribution is -2.46. The molecule has 2 atom stereocenters. The van der Waals surface area contributed by atoms with Gasteiger partial charge in [0.25, 0.3) is 5.91 Å². The predicted molar refractivity (Wildman–Crippen MR) is 79.3 cm³/mol. The second-order valence-electron chi connectivity index (χ2n) is 5.95. The molecule has 2 aliphatic heterocycles. The van der Waals surface area contributed by atoms with Crippen LogP contribution in [0.15, 0.2) is 22.8 Å². The number of hydrogen-bond donors (Lipinski definition) is 1. The summed E-state index contributed by atoms with van der Waals surface area (Å²) >= 11 is 0. The van der Waals surface area contributed by atoms with E-state index in [1.807, 2.05) is 0 Å². The number of carbonyl (C=O) groups excluding carboxylic acids is 2. The average molecular weight is 306 g/mol. The Kier molecular flexibility index (Phi) is 4.77. The molecule has 3 heterocycles. The molecule has 0 aromatic carbocycles. The minimum atomic E-state index is -0.144. The highest BCUT2D eigenvalue weighted by atomic mass is 16.5. The van der Waals surface area contributed by atoms with E-state index >= 15 is 0 Å². The number of rotatable bonds is 4. The number of nitrogens with one attached hydrogen (secondary N) is 1. The van der Waals surface area contributed by atoms with E-state index in [4.69, 9.17) is 9.15 Å². The quantitative estimate of drug-likeness (QED) is 0.913. The Labute approximate surface area is 129 Å². The molecule has 1 N–H and O–H groups in total. The van der Waals surface area contributed by atoms with E-state index in [0.29, 0.717) is 25.4 Å². The summed E-state index contributed by atoms with van der Waals surface area (Å²) in [7, 11) is 0. The van der Waals surface area contributed by atoms with Gasteiger partial charge in [-0.1, -0.05) is 0 Å².